The Morgan fingerprint density at radius 3 is 2.41 bits per heavy atom. The summed E-state index contributed by atoms with van der Waals surface area (Å²) in [6.45, 7) is 3.59. The first-order valence-electron chi connectivity index (χ1n) is 10.6. The molecule has 1 heterocycles. The van der Waals surface area contributed by atoms with Gasteiger partial charge in [0.1, 0.15) is 0 Å². The molecule has 0 spiro atoms. The molecule has 168 valence electrons. The molecule has 0 saturated carbocycles. The normalized spacial score (nSPS) is 13.9. The van der Waals surface area contributed by atoms with Gasteiger partial charge in [0.15, 0.2) is 0 Å². The quantitative estimate of drug-likeness (QED) is 0.606. The standard InChI is InChI=1S/C23H26N4O4S/c1-15(2)27(3)32(29,30)20-12-10-17(11-13-20)21(28)24-23-26-25-22(31-23)19-9-8-16-6-4-5-7-18(16)14-19/h8-15H,4-7H2,1-3H3,(H,24,26,28). The second-order valence-electron chi connectivity index (χ2n) is 8.20. The molecular formula is C23H26N4O4S. The molecule has 2 aromatic carbocycles. The number of aromatic nitrogens is 2. The summed E-state index contributed by atoms with van der Waals surface area (Å²) in [5.41, 5.74) is 3.76. The SMILES string of the molecule is CC(C)N(C)S(=O)(=O)c1ccc(C(=O)Nc2nnc(-c3ccc4c(c3)CCCC4)o2)cc1. The van der Waals surface area contributed by atoms with Gasteiger partial charge in [0, 0.05) is 24.2 Å². The molecule has 1 aromatic heterocycles. The molecule has 8 nitrogen and oxygen atoms in total. The topological polar surface area (TPSA) is 105 Å². The first-order chi connectivity index (χ1) is 15.3. The fourth-order valence-electron chi connectivity index (χ4n) is 3.65. The van der Waals surface area contributed by atoms with Crippen molar-refractivity contribution in [3.63, 3.8) is 0 Å². The van der Waals surface area contributed by atoms with Crippen LogP contribution >= 0.6 is 0 Å². The molecule has 32 heavy (non-hydrogen) atoms. The van der Waals surface area contributed by atoms with Gasteiger partial charge in [0.05, 0.1) is 4.90 Å². The maximum Gasteiger partial charge on any atom is 0.322 e. The average molecular weight is 455 g/mol. The molecule has 0 unspecified atom stereocenters. The van der Waals surface area contributed by atoms with E-state index in [2.05, 4.69) is 27.6 Å². The molecule has 1 N–H and O–H groups in total. The summed E-state index contributed by atoms with van der Waals surface area (Å²) in [5, 5.41) is 10.5. The van der Waals surface area contributed by atoms with Gasteiger partial charge in [-0.25, -0.2) is 8.42 Å². The molecule has 3 aromatic rings. The molecule has 1 aliphatic carbocycles. The summed E-state index contributed by atoms with van der Waals surface area (Å²) in [7, 11) is -2.09. The number of carbonyl (C=O) groups excluding carboxylic acids is 1. The number of aryl methyl sites for hydroxylation is 2. The van der Waals surface area contributed by atoms with Crippen LogP contribution in [0.1, 0.15) is 48.2 Å². The van der Waals surface area contributed by atoms with Crippen molar-refractivity contribution in [2.75, 3.05) is 12.4 Å². The van der Waals surface area contributed by atoms with E-state index < -0.39 is 15.9 Å². The van der Waals surface area contributed by atoms with Crippen LogP contribution in [0.5, 0.6) is 0 Å². The molecule has 1 amide bonds. The van der Waals surface area contributed by atoms with Crippen LogP contribution in [0.2, 0.25) is 0 Å². The lowest BCUT2D eigenvalue weighted by Crippen LogP contribution is -2.33. The van der Waals surface area contributed by atoms with E-state index in [0.717, 1.165) is 18.4 Å². The van der Waals surface area contributed by atoms with E-state index >= 15 is 0 Å². The Hall–Kier alpha value is -3.04. The Labute approximate surface area is 187 Å². The van der Waals surface area contributed by atoms with E-state index in [1.165, 1.54) is 59.6 Å². The van der Waals surface area contributed by atoms with Gasteiger partial charge in [-0.2, -0.15) is 4.31 Å². The summed E-state index contributed by atoms with van der Waals surface area (Å²) in [6, 6.07) is 11.7. The maximum atomic E-state index is 12.6. The van der Waals surface area contributed by atoms with Crippen LogP contribution in [0.3, 0.4) is 0 Å². The van der Waals surface area contributed by atoms with Crippen LogP contribution < -0.4 is 5.32 Å². The van der Waals surface area contributed by atoms with Crippen LogP contribution in [-0.2, 0) is 22.9 Å². The van der Waals surface area contributed by atoms with Gasteiger partial charge >= 0.3 is 6.01 Å². The van der Waals surface area contributed by atoms with Crippen molar-refractivity contribution < 1.29 is 17.6 Å². The number of nitrogens with zero attached hydrogens (tertiary/aromatic N) is 3. The summed E-state index contributed by atoms with van der Waals surface area (Å²) in [4.78, 5) is 12.7. The highest BCUT2D eigenvalue weighted by Gasteiger charge is 2.23. The van der Waals surface area contributed by atoms with Crippen molar-refractivity contribution in [1.29, 1.82) is 0 Å². The summed E-state index contributed by atoms with van der Waals surface area (Å²) in [6.07, 6.45) is 4.52. The van der Waals surface area contributed by atoms with Gasteiger partial charge in [0.2, 0.25) is 15.9 Å². The highest BCUT2D eigenvalue weighted by atomic mass is 32.2. The maximum absolute atomic E-state index is 12.6. The fraction of sp³-hybridized carbons (Fsp3) is 0.348. The second kappa shape index (κ2) is 8.84. The lowest BCUT2D eigenvalue weighted by atomic mass is 9.90. The van der Waals surface area contributed by atoms with Gasteiger partial charge in [-0.3, -0.25) is 10.1 Å². The van der Waals surface area contributed by atoms with Gasteiger partial charge < -0.3 is 4.42 Å². The molecule has 0 atom stereocenters. The minimum atomic E-state index is -3.61. The number of carbonyl (C=O) groups is 1. The predicted molar refractivity (Wildman–Crippen MR) is 121 cm³/mol. The number of sulfonamides is 1. The minimum absolute atomic E-state index is 0.0149. The van der Waals surface area contributed by atoms with Gasteiger partial charge in [0.25, 0.3) is 5.91 Å². The third-order valence-electron chi connectivity index (χ3n) is 5.76. The number of hydrogen-bond donors (Lipinski definition) is 1. The van der Waals surface area contributed by atoms with E-state index in [4.69, 9.17) is 4.42 Å². The molecule has 9 heteroatoms. The lowest BCUT2D eigenvalue weighted by Gasteiger charge is -2.20. The number of nitrogens with one attached hydrogen (secondary N) is 1. The number of benzene rings is 2. The Kier molecular flexibility index (Phi) is 6.12. The third kappa shape index (κ3) is 4.44. The Balaban J connectivity index is 1.47. The smallest absolute Gasteiger partial charge is 0.322 e. The number of anilines is 1. The van der Waals surface area contributed by atoms with Crippen molar-refractivity contribution in [3.8, 4) is 11.5 Å². The van der Waals surface area contributed by atoms with Gasteiger partial charge in [-0.1, -0.05) is 11.2 Å². The highest BCUT2D eigenvalue weighted by Crippen LogP contribution is 2.27. The molecule has 4 rings (SSSR count). The first-order valence-corrected chi connectivity index (χ1v) is 12.0. The van der Waals surface area contributed by atoms with E-state index in [-0.39, 0.29) is 22.5 Å². The second-order valence-corrected chi connectivity index (χ2v) is 10.2. The minimum Gasteiger partial charge on any atom is -0.403 e. The number of hydrogen-bond acceptors (Lipinski definition) is 6. The van der Waals surface area contributed by atoms with Gasteiger partial charge in [-0.15, -0.1) is 5.10 Å². The Morgan fingerprint density at radius 1 is 1.03 bits per heavy atom. The zero-order chi connectivity index (χ0) is 22.9. The van der Waals surface area contributed by atoms with Crippen LogP contribution in [0.15, 0.2) is 51.8 Å². The average Bonchev–Trinajstić information content (AvgIpc) is 3.26. The van der Waals surface area contributed by atoms with E-state index in [0.29, 0.717) is 5.89 Å². The van der Waals surface area contributed by atoms with E-state index in [1.807, 2.05) is 6.07 Å². The number of rotatable bonds is 6. The molecule has 0 bridgehead atoms. The van der Waals surface area contributed by atoms with Gasteiger partial charge in [-0.05, 0) is 87.1 Å². The van der Waals surface area contributed by atoms with Crippen molar-refractivity contribution in [3.05, 3.63) is 59.2 Å². The van der Waals surface area contributed by atoms with E-state index in [9.17, 15) is 13.2 Å². The van der Waals surface area contributed by atoms with Crippen LogP contribution in [0.25, 0.3) is 11.5 Å². The third-order valence-corrected chi connectivity index (χ3v) is 7.81. The van der Waals surface area contributed by atoms with Crippen LogP contribution in [0.4, 0.5) is 6.01 Å². The molecule has 0 radical (unpaired) electrons. The Morgan fingerprint density at radius 2 is 1.72 bits per heavy atom. The molecule has 1 aliphatic rings. The highest BCUT2D eigenvalue weighted by molar-refractivity contribution is 7.89. The monoisotopic (exact) mass is 454 g/mol. The number of amides is 1. The van der Waals surface area contributed by atoms with E-state index in [1.54, 1.807) is 13.8 Å². The van der Waals surface area contributed by atoms with Crippen LogP contribution in [-0.4, -0.2) is 41.9 Å². The van der Waals surface area contributed by atoms with Crippen molar-refractivity contribution in [2.24, 2.45) is 0 Å². The summed E-state index contributed by atoms with van der Waals surface area (Å²) < 4.78 is 32.0. The zero-order valence-electron chi connectivity index (χ0n) is 18.3. The molecule has 0 saturated heterocycles. The first kappa shape index (κ1) is 22.2. The van der Waals surface area contributed by atoms with Crippen LogP contribution in [0, 0.1) is 0 Å². The van der Waals surface area contributed by atoms with Crippen molar-refractivity contribution >= 4 is 21.9 Å². The molecular weight excluding hydrogens is 428 g/mol. The fourth-order valence-corrected chi connectivity index (χ4v) is 5.02. The van der Waals surface area contributed by atoms with Crippen molar-refractivity contribution in [2.45, 2.75) is 50.5 Å². The zero-order valence-corrected chi connectivity index (χ0v) is 19.1. The van der Waals surface area contributed by atoms with Crippen molar-refractivity contribution in [1.82, 2.24) is 14.5 Å². The number of fused-ring (bicyclic) bond motifs is 1. The molecule has 0 fully saturated rings. The largest absolute Gasteiger partial charge is 0.403 e. The summed E-state index contributed by atoms with van der Waals surface area (Å²) >= 11 is 0. The molecule has 0 aliphatic heterocycles. The lowest BCUT2D eigenvalue weighted by molar-refractivity contribution is 0.102. The Bertz CT molecular complexity index is 1230. The predicted octanol–water partition coefficient (Wildman–Crippen LogP) is 3.90. The summed E-state index contributed by atoms with van der Waals surface area (Å²) in [5.74, 6) is -0.126.